The van der Waals surface area contributed by atoms with Crippen molar-refractivity contribution in [1.29, 1.82) is 0 Å². The maximum atomic E-state index is 12.5. The number of carbonyl (C=O) groups excluding carboxylic acids is 2. The van der Waals surface area contributed by atoms with Crippen molar-refractivity contribution in [2.45, 2.75) is 65.7 Å². The molecule has 0 bridgehead atoms. The lowest BCUT2D eigenvalue weighted by Crippen LogP contribution is -2.51. The SMILES string of the molecule is CCC1=CC(=O)C=C2CCC3C4CCC(=O)C4(C)CCC3C12C. The minimum Gasteiger partial charge on any atom is -0.299 e. The number of rotatable bonds is 1. The summed E-state index contributed by atoms with van der Waals surface area (Å²) in [4.78, 5) is 24.5. The number of allylic oxidation sites excluding steroid dienone is 4. The Bertz CT molecular complexity index is 622. The first-order chi connectivity index (χ1) is 10.9. The van der Waals surface area contributed by atoms with Crippen molar-refractivity contribution in [3.63, 3.8) is 0 Å². The van der Waals surface area contributed by atoms with Crippen LogP contribution in [0.2, 0.25) is 0 Å². The van der Waals surface area contributed by atoms with Crippen LogP contribution in [0.5, 0.6) is 0 Å². The van der Waals surface area contributed by atoms with Crippen molar-refractivity contribution in [2.24, 2.45) is 28.6 Å². The van der Waals surface area contributed by atoms with Crippen LogP contribution in [-0.4, -0.2) is 11.6 Å². The third-order valence-corrected chi connectivity index (χ3v) is 7.98. The fourth-order valence-electron chi connectivity index (χ4n) is 6.67. The molecule has 124 valence electrons. The van der Waals surface area contributed by atoms with Crippen molar-refractivity contribution in [1.82, 2.24) is 0 Å². The molecule has 3 fully saturated rings. The molecule has 0 aromatic rings. The Balaban J connectivity index is 1.76. The minimum absolute atomic E-state index is 0.0562. The molecule has 0 radical (unpaired) electrons. The Kier molecular flexibility index (Phi) is 3.28. The van der Waals surface area contributed by atoms with Crippen molar-refractivity contribution >= 4 is 11.6 Å². The van der Waals surface area contributed by atoms with Gasteiger partial charge in [-0.05, 0) is 68.4 Å². The Hall–Kier alpha value is -1.18. The first-order valence-corrected chi connectivity index (χ1v) is 9.40. The second-order valence-electron chi connectivity index (χ2n) is 8.63. The lowest BCUT2D eigenvalue weighted by Gasteiger charge is -2.57. The van der Waals surface area contributed by atoms with E-state index in [0.717, 1.165) is 38.5 Å². The van der Waals surface area contributed by atoms with Crippen LogP contribution >= 0.6 is 0 Å². The maximum Gasteiger partial charge on any atom is 0.178 e. The topological polar surface area (TPSA) is 34.1 Å². The summed E-state index contributed by atoms with van der Waals surface area (Å²) in [5, 5.41) is 0. The quantitative estimate of drug-likeness (QED) is 0.706. The summed E-state index contributed by atoms with van der Waals surface area (Å²) in [6.07, 6.45) is 11.1. The largest absolute Gasteiger partial charge is 0.299 e. The van der Waals surface area contributed by atoms with E-state index >= 15 is 0 Å². The van der Waals surface area contributed by atoms with E-state index in [4.69, 9.17) is 0 Å². The van der Waals surface area contributed by atoms with Crippen molar-refractivity contribution < 1.29 is 9.59 Å². The molecule has 5 atom stereocenters. The minimum atomic E-state index is -0.0562. The summed E-state index contributed by atoms with van der Waals surface area (Å²) < 4.78 is 0. The second-order valence-corrected chi connectivity index (χ2v) is 8.63. The Morgan fingerprint density at radius 3 is 2.57 bits per heavy atom. The molecule has 23 heavy (non-hydrogen) atoms. The van der Waals surface area contributed by atoms with E-state index in [0.29, 0.717) is 23.5 Å². The number of hydrogen-bond acceptors (Lipinski definition) is 2. The fourth-order valence-corrected chi connectivity index (χ4v) is 6.67. The van der Waals surface area contributed by atoms with Crippen LogP contribution in [0.3, 0.4) is 0 Å². The summed E-state index contributed by atoms with van der Waals surface area (Å²) in [7, 11) is 0. The zero-order valence-electron chi connectivity index (χ0n) is 14.7. The summed E-state index contributed by atoms with van der Waals surface area (Å²) in [6.45, 7) is 6.80. The van der Waals surface area contributed by atoms with Gasteiger partial charge in [0.2, 0.25) is 0 Å². The highest BCUT2D eigenvalue weighted by Gasteiger charge is 2.59. The van der Waals surface area contributed by atoms with E-state index in [2.05, 4.69) is 20.8 Å². The number of carbonyl (C=O) groups is 2. The van der Waals surface area contributed by atoms with Crippen LogP contribution < -0.4 is 0 Å². The smallest absolute Gasteiger partial charge is 0.178 e. The average Bonchev–Trinajstić information content (AvgIpc) is 2.83. The molecule has 0 saturated heterocycles. The van der Waals surface area contributed by atoms with Crippen molar-refractivity contribution in [2.75, 3.05) is 0 Å². The molecule has 2 heteroatoms. The van der Waals surface area contributed by atoms with Gasteiger partial charge in [-0.1, -0.05) is 31.9 Å². The van der Waals surface area contributed by atoms with Gasteiger partial charge in [0.15, 0.2) is 5.78 Å². The van der Waals surface area contributed by atoms with Crippen LogP contribution in [-0.2, 0) is 9.59 Å². The van der Waals surface area contributed by atoms with Gasteiger partial charge in [-0.3, -0.25) is 9.59 Å². The molecule has 5 unspecified atom stereocenters. The molecule has 2 nitrogen and oxygen atoms in total. The van der Waals surface area contributed by atoms with Crippen LogP contribution in [0.15, 0.2) is 23.3 Å². The van der Waals surface area contributed by atoms with Gasteiger partial charge < -0.3 is 0 Å². The van der Waals surface area contributed by atoms with Gasteiger partial charge in [0.05, 0.1) is 0 Å². The summed E-state index contributed by atoms with van der Waals surface area (Å²) >= 11 is 0. The maximum absolute atomic E-state index is 12.5. The van der Waals surface area contributed by atoms with E-state index in [1.54, 1.807) is 0 Å². The molecule has 0 amide bonds. The van der Waals surface area contributed by atoms with Gasteiger partial charge in [0.25, 0.3) is 0 Å². The molecule has 4 aliphatic rings. The third kappa shape index (κ3) is 1.87. The van der Waals surface area contributed by atoms with E-state index in [1.807, 2.05) is 12.2 Å². The van der Waals surface area contributed by atoms with Crippen LogP contribution in [0.4, 0.5) is 0 Å². The third-order valence-electron chi connectivity index (χ3n) is 7.98. The summed E-state index contributed by atoms with van der Waals surface area (Å²) in [6, 6.07) is 0. The zero-order valence-corrected chi connectivity index (χ0v) is 14.7. The first kappa shape index (κ1) is 15.4. The van der Waals surface area contributed by atoms with Gasteiger partial charge in [-0.2, -0.15) is 0 Å². The normalized spacial score (nSPS) is 45.8. The van der Waals surface area contributed by atoms with Crippen LogP contribution in [0.25, 0.3) is 0 Å². The highest BCUT2D eigenvalue weighted by molar-refractivity contribution is 6.02. The predicted octanol–water partition coefficient (Wildman–Crippen LogP) is 4.64. The van der Waals surface area contributed by atoms with Gasteiger partial charge in [0, 0.05) is 17.3 Å². The molecule has 0 aromatic heterocycles. The molecule has 0 heterocycles. The summed E-state index contributed by atoms with van der Waals surface area (Å²) in [5.74, 6) is 2.54. The van der Waals surface area contributed by atoms with Crippen LogP contribution in [0.1, 0.15) is 65.7 Å². The van der Waals surface area contributed by atoms with Crippen molar-refractivity contribution in [3.8, 4) is 0 Å². The highest BCUT2D eigenvalue weighted by Crippen LogP contribution is 2.65. The molecule has 0 spiro atoms. The highest BCUT2D eigenvalue weighted by atomic mass is 16.1. The Morgan fingerprint density at radius 2 is 1.83 bits per heavy atom. The second kappa shape index (κ2) is 4.91. The lowest BCUT2D eigenvalue weighted by atomic mass is 9.47. The molecule has 4 aliphatic carbocycles. The summed E-state index contributed by atoms with van der Waals surface area (Å²) in [5.41, 5.74) is 2.72. The number of ketones is 2. The predicted molar refractivity (Wildman–Crippen MR) is 90.9 cm³/mol. The Labute approximate surface area is 139 Å². The molecule has 4 rings (SSSR count). The van der Waals surface area contributed by atoms with Gasteiger partial charge in [0.1, 0.15) is 5.78 Å². The number of hydrogen-bond donors (Lipinski definition) is 0. The van der Waals surface area contributed by atoms with Crippen molar-refractivity contribution in [3.05, 3.63) is 23.3 Å². The van der Waals surface area contributed by atoms with Gasteiger partial charge >= 0.3 is 0 Å². The van der Waals surface area contributed by atoms with E-state index in [1.165, 1.54) is 17.6 Å². The molecule has 0 aromatic carbocycles. The number of fused-ring (bicyclic) bond motifs is 5. The van der Waals surface area contributed by atoms with Gasteiger partial charge in [-0.25, -0.2) is 0 Å². The average molecular weight is 312 g/mol. The lowest BCUT2D eigenvalue weighted by molar-refractivity contribution is -0.131. The van der Waals surface area contributed by atoms with Crippen LogP contribution in [0, 0.1) is 28.6 Å². The molecule has 3 saturated carbocycles. The van der Waals surface area contributed by atoms with E-state index in [-0.39, 0.29) is 16.6 Å². The fraction of sp³-hybridized carbons (Fsp3) is 0.714. The monoisotopic (exact) mass is 312 g/mol. The zero-order chi connectivity index (χ0) is 16.4. The van der Waals surface area contributed by atoms with E-state index < -0.39 is 0 Å². The van der Waals surface area contributed by atoms with E-state index in [9.17, 15) is 9.59 Å². The molecule has 0 aliphatic heterocycles. The Morgan fingerprint density at radius 1 is 1.04 bits per heavy atom. The number of Topliss-reactive ketones (excluding diaryl/α,β-unsaturated/α-hetero) is 1. The standard InChI is InChI=1S/C21H28O2/c1-4-13-11-15(22)12-14-5-6-16-17-7-8-19(23)20(17,2)10-9-18(16)21(13,14)3/h11-12,16-18H,4-10H2,1-3H3. The molecular formula is C21H28O2. The molecule has 0 N–H and O–H groups in total. The first-order valence-electron chi connectivity index (χ1n) is 9.40. The molecular weight excluding hydrogens is 284 g/mol. The van der Waals surface area contributed by atoms with Gasteiger partial charge in [-0.15, -0.1) is 0 Å².